The van der Waals surface area contributed by atoms with E-state index in [4.69, 9.17) is 21.3 Å². The summed E-state index contributed by atoms with van der Waals surface area (Å²) in [6.45, 7) is -0.408. The molecule has 0 amide bonds. The Hall–Kier alpha value is -1.72. The Bertz CT molecular complexity index is 546. The van der Waals surface area contributed by atoms with E-state index >= 15 is 0 Å². The highest BCUT2D eigenvalue weighted by molar-refractivity contribution is 5.94. The highest BCUT2D eigenvalue weighted by Crippen LogP contribution is 2.34. The minimum Gasteiger partial charge on any atom is -0.394 e. The zero-order chi connectivity index (χ0) is 14.4. The predicted molar refractivity (Wildman–Crippen MR) is 67.4 cm³/mol. The number of aromatic nitrogens is 2. The third-order valence-corrected chi connectivity index (χ3v) is 3.43. The lowest BCUT2D eigenvalue weighted by atomic mass is 10.1. The lowest BCUT2D eigenvalue weighted by Gasteiger charge is -2.22. The van der Waals surface area contributed by atoms with Crippen LogP contribution in [0.15, 0.2) is 11.2 Å². The number of ether oxygens (including phenoxy) is 1. The summed E-state index contributed by atoms with van der Waals surface area (Å²) < 4.78 is 6.74. The van der Waals surface area contributed by atoms with Crippen LogP contribution in [0.2, 0.25) is 0 Å². The number of guanidine groups is 1. The summed E-state index contributed by atoms with van der Waals surface area (Å²) in [7, 11) is 0. The molecule has 0 aromatic carbocycles. The number of aliphatic hydroxyl groups is 3. The monoisotopic (exact) mass is 284 g/mol. The van der Waals surface area contributed by atoms with Crippen LogP contribution < -0.4 is 16.8 Å². The van der Waals surface area contributed by atoms with Gasteiger partial charge in [-0.25, -0.2) is 9.67 Å². The molecule has 3 heterocycles. The van der Waals surface area contributed by atoms with Crippen molar-refractivity contribution in [2.45, 2.75) is 30.7 Å². The zero-order valence-corrected chi connectivity index (χ0v) is 10.4. The van der Waals surface area contributed by atoms with Crippen LogP contribution in [0.25, 0.3) is 0 Å². The normalized spacial score (nSPS) is 36.4. The van der Waals surface area contributed by atoms with Gasteiger partial charge in [-0.3, -0.25) is 0 Å². The Labute approximate surface area is 113 Å². The van der Waals surface area contributed by atoms with Crippen LogP contribution in [0.1, 0.15) is 18.0 Å². The van der Waals surface area contributed by atoms with E-state index in [9.17, 15) is 10.2 Å². The van der Waals surface area contributed by atoms with Crippen LogP contribution in [0.4, 0.5) is 5.82 Å². The molecule has 0 radical (unpaired) electrons. The molecule has 110 valence electrons. The molecule has 1 saturated heterocycles. The van der Waals surface area contributed by atoms with Gasteiger partial charge in [-0.15, -0.1) is 0 Å². The van der Waals surface area contributed by atoms with E-state index in [-0.39, 0.29) is 5.96 Å². The third kappa shape index (κ3) is 1.85. The molecule has 20 heavy (non-hydrogen) atoms. The number of aliphatic hydroxyl groups excluding tert-OH is 3. The van der Waals surface area contributed by atoms with Gasteiger partial charge in [0.2, 0.25) is 0 Å². The molecular formula is C10H16N6O4. The number of anilines is 1. The van der Waals surface area contributed by atoms with Crippen LogP contribution in [-0.4, -0.2) is 56.0 Å². The van der Waals surface area contributed by atoms with Crippen molar-refractivity contribution in [3.63, 3.8) is 0 Å². The van der Waals surface area contributed by atoms with Gasteiger partial charge in [0.05, 0.1) is 18.4 Å². The lowest BCUT2D eigenvalue weighted by Crippen LogP contribution is -2.35. The highest BCUT2D eigenvalue weighted by atomic mass is 16.6. The lowest BCUT2D eigenvalue weighted by molar-refractivity contribution is -0.0575. The van der Waals surface area contributed by atoms with Crippen molar-refractivity contribution in [2.75, 3.05) is 11.9 Å². The number of hydrogen-bond acceptors (Lipinski definition) is 9. The number of nitrogens with two attached hydrogens (primary N) is 2. The Kier molecular flexibility index (Phi) is 3.11. The van der Waals surface area contributed by atoms with Crippen molar-refractivity contribution in [3.8, 4) is 0 Å². The molecule has 1 aromatic rings. The van der Waals surface area contributed by atoms with Gasteiger partial charge < -0.3 is 36.8 Å². The topological polar surface area (TPSA) is 164 Å². The number of fused-ring (bicyclic) bond motifs is 1. The summed E-state index contributed by atoms with van der Waals surface area (Å²) in [4.78, 5) is 3.94. The maximum atomic E-state index is 10.00. The molecule has 1 fully saturated rings. The number of nitrogens with zero attached hydrogens (tertiary/aromatic N) is 3. The first kappa shape index (κ1) is 13.3. The van der Waals surface area contributed by atoms with Crippen LogP contribution >= 0.6 is 0 Å². The van der Waals surface area contributed by atoms with Gasteiger partial charge in [-0.05, 0) is 0 Å². The maximum Gasteiger partial charge on any atom is 0.196 e. The predicted octanol–water partition coefficient (Wildman–Crippen LogP) is -2.81. The standard InChI is InChI=1S/C10H16N6O4/c11-7-3-1-13-16(8(3)15-10(12)14-7)9-6(19)5(18)4(2-17)20-9/h1,4-7,9,17-19H,2,11H2,(H3,12,14,15)/t4-,5-,6-,7?,9?/m1/s1. The molecule has 10 nitrogen and oxygen atoms in total. The van der Waals surface area contributed by atoms with E-state index in [0.29, 0.717) is 11.4 Å². The van der Waals surface area contributed by atoms with Crippen LogP contribution in [0.3, 0.4) is 0 Å². The first-order chi connectivity index (χ1) is 9.52. The first-order valence-electron chi connectivity index (χ1n) is 6.08. The number of hydrogen-bond donors (Lipinski definition) is 6. The Balaban J connectivity index is 1.94. The van der Waals surface area contributed by atoms with Crippen LogP contribution in [0, 0.1) is 0 Å². The summed E-state index contributed by atoms with van der Waals surface area (Å²) in [5.41, 5.74) is 12.0. The zero-order valence-electron chi connectivity index (χ0n) is 10.4. The van der Waals surface area contributed by atoms with E-state index in [0.717, 1.165) is 0 Å². The SMILES string of the molecule is NC1=NC(N)c2cnn(C3O[C@H](CO)[C@@H](O)[C@H]3O)c2N1. The fourth-order valence-corrected chi connectivity index (χ4v) is 2.37. The molecule has 0 spiro atoms. The number of rotatable bonds is 2. The molecule has 2 aliphatic heterocycles. The quantitative estimate of drug-likeness (QED) is 0.339. The Morgan fingerprint density at radius 1 is 1.40 bits per heavy atom. The largest absolute Gasteiger partial charge is 0.394 e. The van der Waals surface area contributed by atoms with Gasteiger partial charge in [0.15, 0.2) is 12.2 Å². The second kappa shape index (κ2) is 4.68. The molecule has 3 rings (SSSR count). The summed E-state index contributed by atoms with van der Waals surface area (Å²) in [6, 6.07) is 0. The molecule has 0 aliphatic carbocycles. The molecule has 2 unspecified atom stereocenters. The summed E-state index contributed by atoms with van der Waals surface area (Å²) in [5.74, 6) is 0.568. The average molecular weight is 284 g/mol. The van der Waals surface area contributed by atoms with Crippen molar-refractivity contribution in [1.29, 1.82) is 0 Å². The number of aliphatic imine (C=N–C) groups is 1. The maximum absolute atomic E-state index is 10.00. The van der Waals surface area contributed by atoms with Crippen LogP contribution in [-0.2, 0) is 4.74 Å². The number of nitrogens with one attached hydrogen (secondary N) is 1. The van der Waals surface area contributed by atoms with E-state index in [2.05, 4.69) is 15.4 Å². The minimum absolute atomic E-state index is 0.124. The van der Waals surface area contributed by atoms with Crippen LogP contribution in [0.5, 0.6) is 0 Å². The molecule has 1 aromatic heterocycles. The Morgan fingerprint density at radius 2 is 2.15 bits per heavy atom. The first-order valence-corrected chi connectivity index (χ1v) is 6.08. The van der Waals surface area contributed by atoms with E-state index in [1.807, 2.05) is 0 Å². The smallest absolute Gasteiger partial charge is 0.196 e. The third-order valence-electron chi connectivity index (χ3n) is 3.43. The fraction of sp³-hybridized carbons (Fsp3) is 0.600. The van der Waals surface area contributed by atoms with Gasteiger partial charge in [-0.2, -0.15) is 5.10 Å². The second-order valence-electron chi connectivity index (χ2n) is 4.71. The van der Waals surface area contributed by atoms with Crippen molar-refractivity contribution in [2.24, 2.45) is 16.5 Å². The van der Waals surface area contributed by atoms with Gasteiger partial charge in [-0.1, -0.05) is 0 Å². The fourth-order valence-electron chi connectivity index (χ4n) is 2.37. The molecule has 0 bridgehead atoms. The second-order valence-corrected chi connectivity index (χ2v) is 4.71. The average Bonchev–Trinajstić information content (AvgIpc) is 2.93. The van der Waals surface area contributed by atoms with Gasteiger partial charge in [0.25, 0.3) is 0 Å². The molecule has 10 heteroatoms. The molecule has 2 aliphatic rings. The van der Waals surface area contributed by atoms with Gasteiger partial charge in [0, 0.05) is 0 Å². The van der Waals surface area contributed by atoms with Crippen molar-refractivity contribution in [1.82, 2.24) is 9.78 Å². The van der Waals surface area contributed by atoms with E-state index < -0.39 is 37.3 Å². The molecule has 8 N–H and O–H groups in total. The summed E-state index contributed by atoms with van der Waals surface area (Å²) in [6.07, 6.45) is -3.42. The van der Waals surface area contributed by atoms with Crippen molar-refractivity contribution < 1.29 is 20.1 Å². The summed E-state index contributed by atoms with van der Waals surface area (Å²) >= 11 is 0. The molecule has 0 saturated carbocycles. The minimum atomic E-state index is -1.23. The van der Waals surface area contributed by atoms with Gasteiger partial charge >= 0.3 is 0 Å². The molecular weight excluding hydrogens is 268 g/mol. The summed E-state index contributed by atoms with van der Waals surface area (Å²) in [5, 5.41) is 35.7. The van der Waals surface area contributed by atoms with Crippen molar-refractivity contribution >= 4 is 11.8 Å². The Morgan fingerprint density at radius 3 is 2.80 bits per heavy atom. The highest BCUT2D eigenvalue weighted by Gasteiger charge is 2.45. The van der Waals surface area contributed by atoms with E-state index in [1.54, 1.807) is 0 Å². The van der Waals surface area contributed by atoms with Gasteiger partial charge in [0.1, 0.15) is 30.3 Å². The molecule has 5 atom stereocenters. The van der Waals surface area contributed by atoms with Crippen molar-refractivity contribution in [3.05, 3.63) is 11.8 Å². The van der Waals surface area contributed by atoms with E-state index in [1.165, 1.54) is 10.9 Å².